The maximum Gasteiger partial charge on any atom is 0.125 e. The second-order valence-electron chi connectivity index (χ2n) is 4.39. The van der Waals surface area contributed by atoms with Gasteiger partial charge in [-0.1, -0.05) is 29.8 Å². The van der Waals surface area contributed by atoms with Gasteiger partial charge in [-0.2, -0.15) is 0 Å². The Morgan fingerprint density at radius 1 is 1.18 bits per heavy atom. The summed E-state index contributed by atoms with van der Waals surface area (Å²) in [7, 11) is 0. The predicted octanol–water partition coefficient (Wildman–Crippen LogP) is 3.85. The molecule has 2 nitrogen and oxygen atoms in total. The molecular formula is C14H14ClNO. The van der Waals surface area contributed by atoms with E-state index in [1.54, 1.807) is 6.26 Å². The van der Waals surface area contributed by atoms with Crippen LogP contribution in [0.1, 0.15) is 18.6 Å². The predicted molar refractivity (Wildman–Crippen MR) is 69.0 cm³/mol. The zero-order valence-electron chi connectivity index (χ0n) is 9.45. The van der Waals surface area contributed by atoms with Crippen LogP contribution in [0, 0.1) is 0 Å². The molecule has 1 N–H and O–H groups in total. The minimum Gasteiger partial charge on any atom is -0.467 e. The molecule has 0 spiro atoms. The molecule has 0 bridgehead atoms. The first kappa shape index (κ1) is 10.9. The molecule has 0 saturated heterocycles. The van der Waals surface area contributed by atoms with Crippen molar-refractivity contribution < 1.29 is 4.42 Å². The maximum absolute atomic E-state index is 6.20. The summed E-state index contributed by atoms with van der Waals surface area (Å²) < 4.78 is 5.53. The molecule has 2 aromatic rings. The van der Waals surface area contributed by atoms with Crippen molar-refractivity contribution in [3.8, 4) is 11.1 Å². The Morgan fingerprint density at radius 3 is 2.76 bits per heavy atom. The van der Waals surface area contributed by atoms with Gasteiger partial charge >= 0.3 is 0 Å². The number of benzene rings is 1. The lowest BCUT2D eigenvalue weighted by Crippen LogP contribution is -2.15. The summed E-state index contributed by atoms with van der Waals surface area (Å²) in [6.45, 7) is 0.776. The highest BCUT2D eigenvalue weighted by Crippen LogP contribution is 2.31. The highest BCUT2D eigenvalue weighted by Gasteiger charge is 2.21. The molecule has 1 heterocycles. The average Bonchev–Trinajstić information content (AvgIpc) is 3.06. The number of hydrogen-bond donors (Lipinski definition) is 1. The quantitative estimate of drug-likeness (QED) is 0.888. The fraction of sp³-hybridized carbons (Fsp3) is 0.286. The molecule has 1 aliphatic carbocycles. The van der Waals surface area contributed by atoms with Crippen molar-refractivity contribution in [1.82, 2.24) is 5.32 Å². The molecule has 0 amide bonds. The third-order valence-corrected chi connectivity index (χ3v) is 3.37. The van der Waals surface area contributed by atoms with E-state index < -0.39 is 0 Å². The monoisotopic (exact) mass is 247 g/mol. The molecule has 1 saturated carbocycles. The van der Waals surface area contributed by atoms with Gasteiger partial charge in [0.05, 0.1) is 12.8 Å². The number of rotatable bonds is 4. The molecule has 0 atom stereocenters. The van der Waals surface area contributed by atoms with Gasteiger partial charge in [0, 0.05) is 22.2 Å². The van der Waals surface area contributed by atoms with Gasteiger partial charge in [0.15, 0.2) is 0 Å². The van der Waals surface area contributed by atoms with Gasteiger partial charge in [-0.3, -0.25) is 0 Å². The van der Waals surface area contributed by atoms with Crippen LogP contribution in [-0.2, 0) is 6.54 Å². The third kappa shape index (κ3) is 2.38. The summed E-state index contributed by atoms with van der Waals surface area (Å²) in [5.41, 5.74) is 2.12. The Kier molecular flexibility index (Phi) is 2.91. The summed E-state index contributed by atoms with van der Waals surface area (Å²) in [6, 6.07) is 10.5. The van der Waals surface area contributed by atoms with Crippen molar-refractivity contribution in [3.05, 3.63) is 47.4 Å². The van der Waals surface area contributed by atoms with Gasteiger partial charge in [-0.15, -0.1) is 0 Å². The summed E-state index contributed by atoms with van der Waals surface area (Å²) >= 11 is 6.20. The lowest BCUT2D eigenvalue weighted by Gasteiger charge is -2.05. The average molecular weight is 248 g/mol. The van der Waals surface area contributed by atoms with Crippen molar-refractivity contribution in [3.63, 3.8) is 0 Å². The first-order valence-corrected chi connectivity index (χ1v) is 6.27. The molecule has 88 valence electrons. The third-order valence-electron chi connectivity index (χ3n) is 3.04. The van der Waals surface area contributed by atoms with Gasteiger partial charge in [0.25, 0.3) is 0 Å². The second kappa shape index (κ2) is 4.55. The van der Waals surface area contributed by atoms with Crippen molar-refractivity contribution >= 4 is 11.6 Å². The van der Waals surface area contributed by atoms with E-state index >= 15 is 0 Å². The Labute approximate surface area is 106 Å². The van der Waals surface area contributed by atoms with Crippen LogP contribution >= 0.6 is 11.6 Å². The molecule has 1 aromatic heterocycles. The van der Waals surface area contributed by atoms with Gasteiger partial charge in [0.2, 0.25) is 0 Å². The van der Waals surface area contributed by atoms with E-state index in [-0.39, 0.29) is 0 Å². The van der Waals surface area contributed by atoms with Crippen LogP contribution in [0.3, 0.4) is 0 Å². The molecule has 0 radical (unpaired) electrons. The minimum absolute atomic E-state index is 0.680. The van der Waals surface area contributed by atoms with E-state index in [9.17, 15) is 0 Å². The SMILES string of the molecule is Clc1ccccc1-c1ccoc1CNC1CC1. The second-order valence-corrected chi connectivity index (χ2v) is 4.80. The molecular weight excluding hydrogens is 234 g/mol. The summed E-state index contributed by atoms with van der Waals surface area (Å²) in [6.07, 6.45) is 4.28. The van der Waals surface area contributed by atoms with E-state index in [0.717, 1.165) is 28.5 Å². The number of halogens is 1. The number of nitrogens with one attached hydrogen (secondary N) is 1. The molecule has 3 heteroatoms. The van der Waals surface area contributed by atoms with Crippen LogP contribution in [0.5, 0.6) is 0 Å². The van der Waals surface area contributed by atoms with E-state index in [1.165, 1.54) is 12.8 Å². The zero-order valence-corrected chi connectivity index (χ0v) is 10.2. The summed E-state index contributed by atoms with van der Waals surface area (Å²) in [5.74, 6) is 0.963. The molecule has 0 aliphatic heterocycles. The fourth-order valence-corrected chi connectivity index (χ4v) is 2.16. The molecule has 1 aromatic carbocycles. The molecule has 17 heavy (non-hydrogen) atoms. The first-order chi connectivity index (χ1) is 8.34. The molecule has 3 rings (SSSR count). The van der Waals surface area contributed by atoms with Crippen molar-refractivity contribution in [1.29, 1.82) is 0 Å². The van der Waals surface area contributed by atoms with E-state index in [0.29, 0.717) is 6.04 Å². The van der Waals surface area contributed by atoms with Gasteiger partial charge < -0.3 is 9.73 Å². The van der Waals surface area contributed by atoms with Crippen LogP contribution in [-0.4, -0.2) is 6.04 Å². The largest absolute Gasteiger partial charge is 0.467 e. The Balaban J connectivity index is 1.86. The zero-order chi connectivity index (χ0) is 11.7. The van der Waals surface area contributed by atoms with Crippen LogP contribution in [0.15, 0.2) is 41.0 Å². The van der Waals surface area contributed by atoms with E-state index in [1.807, 2.05) is 30.3 Å². The lowest BCUT2D eigenvalue weighted by atomic mass is 10.1. The standard InChI is InChI=1S/C14H14ClNO/c15-13-4-2-1-3-11(13)12-7-8-17-14(12)9-16-10-5-6-10/h1-4,7-8,10,16H,5-6,9H2. The van der Waals surface area contributed by atoms with Crippen LogP contribution in [0.25, 0.3) is 11.1 Å². The number of hydrogen-bond acceptors (Lipinski definition) is 2. The van der Waals surface area contributed by atoms with Gasteiger partial charge in [-0.25, -0.2) is 0 Å². The maximum atomic E-state index is 6.20. The smallest absolute Gasteiger partial charge is 0.125 e. The normalized spacial score (nSPS) is 15.1. The Bertz CT molecular complexity index is 516. The first-order valence-electron chi connectivity index (χ1n) is 5.89. The van der Waals surface area contributed by atoms with Gasteiger partial charge in [-0.05, 0) is 25.0 Å². The fourth-order valence-electron chi connectivity index (χ4n) is 1.92. The van der Waals surface area contributed by atoms with Crippen LogP contribution in [0.4, 0.5) is 0 Å². The molecule has 1 fully saturated rings. The molecule has 0 unspecified atom stereocenters. The highest BCUT2D eigenvalue weighted by atomic mass is 35.5. The van der Waals surface area contributed by atoms with Crippen molar-refractivity contribution in [2.45, 2.75) is 25.4 Å². The van der Waals surface area contributed by atoms with Crippen LogP contribution in [0.2, 0.25) is 5.02 Å². The Hall–Kier alpha value is -1.25. The van der Waals surface area contributed by atoms with Gasteiger partial charge in [0.1, 0.15) is 5.76 Å². The number of furan rings is 1. The Morgan fingerprint density at radius 2 is 2.00 bits per heavy atom. The molecule has 1 aliphatic rings. The minimum atomic E-state index is 0.680. The highest BCUT2D eigenvalue weighted by molar-refractivity contribution is 6.33. The van der Waals surface area contributed by atoms with E-state index in [2.05, 4.69) is 5.32 Å². The summed E-state index contributed by atoms with van der Waals surface area (Å²) in [4.78, 5) is 0. The summed E-state index contributed by atoms with van der Waals surface area (Å²) in [5, 5.41) is 4.22. The topological polar surface area (TPSA) is 25.2 Å². The van der Waals surface area contributed by atoms with Crippen molar-refractivity contribution in [2.24, 2.45) is 0 Å². The van der Waals surface area contributed by atoms with Crippen molar-refractivity contribution in [2.75, 3.05) is 0 Å². The lowest BCUT2D eigenvalue weighted by molar-refractivity contribution is 0.483. The van der Waals surface area contributed by atoms with Crippen LogP contribution < -0.4 is 5.32 Å². The van der Waals surface area contributed by atoms with E-state index in [4.69, 9.17) is 16.0 Å².